The van der Waals surface area contributed by atoms with Crippen molar-refractivity contribution in [2.45, 2.75) is 25.5 Å². The van der Waals surface area contributed by atoms with Crippen molar-refractivity contribution in [1.82, 2.24) is 9.88 Å². The summed E-state index contributed by atoms with van der Waals surface area (Å²) in [6.45, 7) is 7.33. The number of fused-ring (bicyclic) bond motifs is 1. The fraction of sp³-hybridized carbons (Fsp3) is 0.471. The maximum absolute atomic E-state index is 11.0. The molecule has 1 aromatic carbocycles. The average Bonchev–Trinajstić information content (AvgIpc) is 2.54. The van der Waals surface area contributed by atoms with E-state index in [2.05, 4.69) is 23.7 Å². The van der Waals surface area contributed by atoms with E-state index in [9.17, 15) is 5.11 Å². The molecule has 1 fully saturated rings. The van der Waals surface area contributed by atoms with Gasteiger partial charge in [0.25, 0.3) is 0 Å². The molecule has 112 valence electrons. The molecule has 0 radical (unpaired) electrons. The Hall–Kier alpha value is -1.49. The number of nitrogens with zero attached hydrogens (tertiary/aromatic N) is 2. The van der Waals surface area contributed by atoms with E-state index in [0.29, 0.717) is 0 Å². The predicted octanol–water partition coefficient (Wildman–Crippen LogP) is 2.38. The number of morpholine rings is 1. The second kappa shape index (κ2) is 5.72. The number of benzene rings is 1. The lowest BCUT2D eigenvalue weighted by atomic mass is 9.87. The molecule has 4 nitrogen and oxygen atoms in total. The second-order valence-corrected chi connectivity index (χ2v) is 6.11. The third-order valence-electron chi connectivity index (χ3n) is 4.49. The molecule has 2 heterocycles. The largest absolute Gasteiger partial charge is 0.386 e. The highest BCUT2D eigenvalue weighted by Gasteiger charge is 2.36. The maximum Gasteiger partial charge on any atom is 0.0989 e. The van der Waals surface area contributed by atoms with Crippen LogP contribution in [0.1, 0.15) is 25.5 Å². The van der Waals surface area contributed by atoms with Gasteiger partial charge in [0.05, 0.1) is 19.3 Å². The second-order valence-electron chi connectivity index (χ2n) is 6.11. The Morgan fingerprint density at radius 3 is 2.67 bits per heavy atom. The molecule has 1 N–H and O–H groups in total. The van der Waals surface area contributed by atoms with Gasteiger partial charge in [-0.2, -0.15) is 0 Å². The molecule has 0 aliphatic carbocycles. The SMILES string of the molecule is CC(C)(C(O)c1cncc2ccccc12)N1CCOCC1. The summed E-state index contributed by atoms with van der Waals surface area (Å²) < 4.78 is 5.41. The summed E-state index contributed by atoms with van der Waals surface area (Å²) in [5, 5.41) is 13.1. The zero-order valence-corrected chi connectivity index (χ0v) is 12.6. The molecule has 21 heavy (non-hydrogen) atoms. The summed E-state index contributed by atoms with van der Waals surface area (Å²) in [4.78, 5) is 6.58. The summed E-state index contributed by atoms with van der Waals surface area (Å²) in [6.07, 6.45) is 3.04. The Morgan fingerprint density at radius 2 is 1.90 bits per heavy atom. The predicted molar refractivity (Wildman–Crippen MR) is 83.2 cm³/mol. The van der Waals surface area contributed by atoms with Crippen LogP contribution in [0.25, 0.3) is 10.8 Å². The van der Waals surface area contributed by atoms with Crippen molar-refractivity contribution in [2.24, 2.45) is 0 Å². The van der Waals surface area contributed by atoms with Crippen LogP contribution in [0, 0.1) is 0 Å². The van der Waals surface area contributed by atoms with Gasteiger partial charge in [0.1, 0.15) is 0 Å². The molecule has 0 saturated carbocycles. The lowest BCUT2D eigenvalue weighted by molar-refractivity contribution is -0.0626. The van der Waals surface area contributed by atoms with Gasteiger partial charge in [-0.3, -0.25) is 9.88 Å². The van der Waals surface area contributed by atoms with E-state index in [1.807, 2.05) is 30.5 Å². The first-order valence-corrected chi connectivity index (χ1v) is 7.44. The number of aliphatic hydroxyl groups is 1. The quantitative estimate of drug-likeness (QED) is 0.941. The minimum absolute atomic E-state index is 0.352. The van der Waals surface area contributed by atoms with Crippen LogP contribution in [0.3, 0.4) is 0 Å². The Kier molecular flexibility index (Phi) is 3.93. The molecule has 1 aromatic heterocycles. The number of aromatic nitrogens is 1. The molecule has 0 amide bonds. The summed E-state index contributed by atoms with van der Waals surface area (Å²) in [5.41, 5.74) is 0.542. The van der Waals surface area contributed by atoms with Gasteiger partial charge in [-0.15, -0.1) is 0 Å². The molecular formula is C17H22N2O2. The third kappa shape index (κ3) is 2.67. The van der Waals surface area contributed by atoms with E-state index in [-0.39, 0.29) is 5.54 Å². The fourth-order valence-corrected chi connectivity index (χ4v) is 3.05. The Labute approximate surface area is 125 Å². The highest BCUT2D eigenvalue weighted by atomic mass is 16.5. The first-order chi connectivity index (χ1) is 10.1. The molecule has 0 spiro atoms. The average molecular weight is 286 g/mol. The highest BCUT2D eigenvalue weighted by Crippen LogP contribution is 2.34. The van der Waals surface area contributed by atoms with Gasteiger partial charge < -0.3 is 9.84 Å². The Balaban J connectivity index is 1.97. The van der Waals surface area contributed by atoms with Crippen LogP contribution in [-0.2, 0) is 4.74 Å². The number of hydrogen-bond donors (Lipinski definition) is 1. The van der Waals surface area contributed by atoms with Crippen LogP contribution in [0.2, 0.25) is 0 Å². The molecule has 2 aromatic rings. The van der Waals surface area contributed by atoms with Crippen LogP contribution in [-0.4, -0.2) is 46.8 Å². The van der Waals surface area contributed by atoms with Gasteiger partial charge in [0.15, 0.2) is 0 Å². The highest BCUT2D eigenvalue weighted by molar-refractivity contribution is 5.85. The van der Waals surface area contributed by atoms with Gasteiger partial charge in [-0.05, 0) is 19.2 Å². The first-order valence-electron chi connectivity index (χ1n) is 7.44. The first kappa shape index (κ1) is 14.4. The Morgan fingerprint density at radius 1 is 1.19 bits per heavy atom. The standard InChI is InChI=1S/C17H22N2O2/c1-17(2,19-7-9-21-10-8-19)16(20)15-12-18-11-13-5-3-4-6-14(13)15/h3-6,11-12,16,20H,7-10H2,1-2H3. The lowest BCUT2D eigenvalue weighted by Crippen LogP contribution is -2.53. The van der Waals surface area contributed by atoms with Crippen LogP contribution >= 0.6 is 0 Å². The summed E-state index contributed by atoms with van der Waals surface area (Å²) >= 11 is 0. The van der Waals surface area contributed by atoms with Crippen molar-refractivity contribution >= 4 is 10.8 Å². The van der Waals surface area contributed by atoms with Gasteiger partial charge in [0, 0.05) is 42.0 Å². The van der Waals surface area contributed by atoms with Crippen molar-refractivity contribution in [3.63, 3.8) is 0 Å². The number of ether oxygens (including phenoxy) is 1. The van der Waals surface area contributed by atoms with Gasteiger partial charge in [-0.1, -0.05) is 24.3 Å². The normalized spacial score (nSPS) is 18.8. The zero-order valence-electron chi connectivity index (χ0n) is 12.6. The van der Waals surface area contributed by atoms with E-state index >= 15 is 0 Å². The van der Waals surface area contributed by atoms with Crippen LogP contribution in [0.15, 0.2) is 36.7 Å². The summed E-state index contributed by atoms with van der Waals surface area (Å²) in [7, 11) is 0. The van der Waals surface area contributed by atoms with Crippen molar-refractivity contribution in [2.75, 3.05) is 26.3 Å². The van der Waals surface area contributed by atoms with Crippen molar-refractivity contribution in [3.05, 3.63) is 42.2 Å². The molecule has 1 unspecified atom stereocenters. The van der Waals surface area contributed by atoms with Crippen molar-refractivity contribution < 1.29 is 9.84 Å². The summed E-state index contributed by atoms with van der Waals surface area (Å²) in [6, 6.07) is 8.07. The smallest absolute Gasteiger partial charge is 0.0989 e. The molecule has 1 aliphatic heterocycles. The molecule has 0 bridgehead atoms. The fourth-order valence-electron chi connectivity index (χ4n) is 3.05. The van der Waals surface area contributed by atoms with Crippen molar-refractivity contribution in [3.8, 4) is 0 Å². The van der Waals surface area contributed by atoms with E-state index in [1.54, 1.807) is 6.20 Å². The molecular weight excluding hydrogens is 264 g/mol. The van der Waals surface area contributed by atoms with Crippen molar-refractivity contribution in [1.29, 1.82) is 0 Å². The van der Waals surface area contributed by atoms with Crippen LogP contribution < -0.4 is 0 Å². The number of pyridine rings is 1. The van der Waals surface area contributed by atoms with Crippen LogP contribution in [0.4, 0.5) is 0 Å². The van der Waals surface area contributed by atoms with E-state index in [0.717, 1.165) is 42.6 Å². The topological polar surface area (TPSA) is 45.6 Å². The van der Waals surface area contributed by atoms with Gasteiger partial charge >= 0.3 is 0 Å². The minimum Gasteiger partial charge on any atom is -0.386 e. The lowest BCUT2D eigenvalue weighted by Gasteiger charge is -2.44. The van der Waals surface area contributed by atoms with E-state index in [1.165, 1.54) is 0 Å². The molecule has 1 saturated heterocycles. The number of hydrogen-bond acceptors (Lipinski definition) is 4. The van der Waals surface area contributed by atoms with Crippen LogP contribution in [0.5, 0.6) is 0 Å². The number of aliphatic hydroxyl groups excluding tert-OH is 1. The zero-order chi connectivity index (χ0) is 14.9. The maximum atomic E-state index is 11.0. The van der Waals surface area contributed by atoms with E-state index < -0.39 is 6.10 Å². The molecule has 1 atom stereocenters. The molecule has 4 heteroatoms. The number of rotatable bonds is 3. The summed E-state index contributed by atoms with van der Waals surface area (Å²) in [5.74, 6) is 0. The van der Waals surface area contributed by atoms with Gasteiger partial charge in [0.2, 0.25) is 0 Å². The minimum atomic E-state index is -0.589. The van der Waals surface area contributed by atoms with Gasteiger partial charge in [-0.25, -0.2) is 0 Å². The van der Waals surface area contributed by atoms with E-state index in [4.69, 9.17) is 4.74 Å². The molecule has 1 aliphatic rings. The third-order valence-corrected chi connectivity index (χ3v) is 4.49. The Bertz CT molecular complexity index is 616. The molecule has 3 rings (SSSR count). The monoisotopic (exact) mass is 286 g/mol.